The summed E-state index contributed by atoms with van der Waals surface area (Å²) in [7, 11) is 0. The Morgan fingerprint density at radius 3 is 2.75 bits per heavy atom. The highest BCUT2D eigenvalue weighted by atomic mass is 35.5. The number of halogens is 3. The highest BCUT2D eigenvalue weighted by Gasteiger charge is 2.43. The van der Waals surface area contributed by atoms with Gasteiger partial charge in [0.1, 0.15) is 12.4 Å². The lowest BCUT2D eigenvalue weighted by Crippen LogP contribution is -2.62. The van der Waals surface area contributed by atoms with Gasteiger partial charge in [0.15, 0.2) is 0 Å². The van der Waals surface area contributed by atoms with Crippen LogP contribution in [0.2, 0.25) is 10.0 Å². The molecule has 6 nitrogen and oxygen atoms in total. The molecule has 9 heteroatoms. The maximum Gasteiger partial charge on any atom is 0.325 e. The zero-order valence-corrected chi connectivity index (χ0v) is 16.4. The summed E-state index contributed by atoms with van der Waals surface area (Å²) in [4.78, 5) is 11.0. The molecule has 0 atom stereocenters. The second-order valence-corrected chi connectivity index (χ2v) is 7.68. The van der Waals surface area contributed by atoms with Crippen molar-refractivity contribution in [3.63, 3.8) is 0 Å². The molecular formula is C19H17Cl2FN4O2. The van der Waals surface area contributed by atoms with Gasteiger partial charge in [-0.3, -0.25) is 9.48 Å². The van der Waals surface area contributed by atoms with Crippen molar-refractivity contribution in [3.8, 4) is 0 Å². The van der Waals surface area contributed by atoms with E-state index < -0.39 is 17.3 Å². The quantitative estimate of drug-likeness (QED) is 0.545. The Morgan fingerprint density at radius 2 is 2.11 bits per heavy atom. The first-order chi connectivity index (χ1) is 13.3. The molecule has 0 saturated carbocycles. The maximum atomic E-state index is 14.6. The SMILES string of the molecule is Cc1c2ccc(NC3(c4c(F)ccc(Cl)c4Cl)CNC3)cc2nn1CC(=O)O. The number of nitrogens with one attached hydrogen (secondary N) is 2. The number of carbonyl (C=O) groups is 1. The molecule has 0 radical (unpaired) electrons. The van der Waals surface area contributed by atoms with Crippen LogP contribution in [0, 0.1) is 12.7 Å². The molecule has 0 amide bonds. The van der Waals surface area contributed by atoms with E-state index in [-0.39, 0.29) is 11.6 Å². The number of aryl methyl sites for hydroxylation is 1. The molecule has 146 valence electrons. The molecule has 1 aliphatic heterocycles. The van der Waals surface area contributed by atoms with Crippen LogP contribution in [0.1, 0.15) is 11.3 Å². The highest BCUT2D eigenvalue weighted by molar-refractivity contribution is 6.42. The van der Waals surface area contributed by atoms with Gasteiger partial charge in [0.05, 0.1) is 21.1 Å². The van der Waals surface area contributed by atoms with Crippen molar-refractivity contribution in [2.45, 2.75) is 19.0 Å². The third-order valence-corrected chi connectivity index (χ3v) is 5.85. The van der Waals surface area contributed by atoms with Crippen LogP contribution in [0.5, 0.6) is 0 Å². The Hall–Kier alpha value is -2.35. The topological polar surface area (TPSA) is 79.2 Å². The normalized spacial score (nSPS) is 15.4. The van der Waals surface area contributed by atoms with Crippen molar-refractivity contribution in [3.05, 3.63) is 57.5 Å². The number of hydrogen-bond acceptors (Lipinski definition) is 4. The summed E-state index contributed by atoms with van der Waals surface area (Å²) < 4.78 is 16.0. The third-order valence-electron chi connectivity index (χ3n) is 5.05. The van der Waals surface area contributed by atoms with Crippen LogP contribution < -0.4 is 10.6 Å². The molecule has 3 N–H and O–H groups in total. The minimum atomic E-state index is -0.958. The molecule has 1 aliphatic rings. The number of aromatic nitrogens is 2. The van der Waals surface area contributed by atoms with Crippen molar-refractivity contribution < 1.29 is 14.3 Å². The smallest absolute Gasteiger partial charge is 0.325 e. The predicted octanol–water partition coefficient (Wildman–Crippen LogP) is 3.79. The third kappa shape index (κ3) is 3.09. The summed E-state index contributed by atoms with van der Waals surface area (Å²) in [6.45, 7) is 2.58. The van der Waals surface area contributed by atoms with E-state index in [1.54, 1.807) is 0 Å². The summed E-state index contributed by atoms with van der Waals surface area (Å²) in [5.74, 6) is -1.38. The lowest BCUT2D eigenvalue weighted by Gasteiger charge is -2.45. The average molecular weight is 423 g/mol. The van der Waals surface area contributed by atoms with Gasteiger partial charge >= 0.3 is 5.97 Å². The largest absolute Gasteiger partial charge is 0.480 e. The van der Waals surface area contributed by atoms with E-state index in [1.807, 2.05) is 25.1 Å². The molecule has 3 aromatic rings. The molecule has 1 fully saturated rings. The number of carboxylic acid groups (broad SMARTS) is 1. The van der Waals surface area contributed by atoms with Gasteiger partial charge in [-0.1, -0.05) is 23.2 Å². The van der Waals surface area contributed by atoms with Gasteiger partial charge in [-0.05, 0) is 37.3 Å². The summed E-state index contributed by atoms with van der Waals surface area (Å²) >= 11 is 12.4. The second-order valence-electron chi connectivity index (χ2n) is 6.90. The van der Waals surface area contributed by atoms with Crippen LogP contribution in [-0.4, -0.2) is 33.9 Å². The van der Waals surface area contributed by atoms with Crippen LogP contribution in [0.3, 0.4) is 0 Å². The van der Waals surface area contributed by atoms with Crippen LogP contribution in [0.4, 0.5) is 10.1 Å². The number of nitrogens with zero attached hydrogens (tertiary/aromatic N) is 2. The number of carboxylic acids is 1. The van der Waals surface area contributed by atoms with E-state index in [4.69, 9.17) is 28.3 Å². The van der Waals surface area contributed by atoms with Crippen molar-refractivity contribution in [1.82, 2.24) is 15.1 Å². The first-order valence-electron chi connectivity index (χ1n) is 8.62. The van der Waals surface area contributed by atoms with Crippen LogP contribution in [0.25, 0.3) is 10.9 Å². The van der Waals surface area contributed by atoms with Crippen molar-refractivity contribution in [2.75, 3.05) is 18.4 Å². The molecule has 0 unspecified atom stereocenters. The molecule has 1 saturated heterocycles. The van der Waals surface area contributed by atoms with Gasteiger partial charge < -0.3 is 15.7 Å². The summed E-state index contributed by atoms with van der Waals surface area (Å²) in [6, 6.07) is 8.29. The first-order valence-corrected chi connectivity index (χ1v) is 9.38. The molecule has 2 heterocycles. The maximum absolute atomic E-state index is 14.6. The highest BCUT2D eigenvalue weighted by Crippen LogP contribution is 2.40. The van der Waals surface area contributed by atoms with Crippen molar-refractivity contribution >= 4 is 45.8 Å². The van der Waals surface area contributed by atoms with Gasteiger partial charge in [-0.25, -0.2) is 4.39 Å². The number of benzene rings is 2. The van der Waals surface area contributed by atoms with E-state index in [2.05, 4.69) is 15.7 Å². The van der Waals surface area contributed by atoms with Gasteiger partial charge in [-0.2, -0.15) is 5.10 Å². The Balaban J connectivity index is 1.72. The molecule has 28 heavy (non-hydrogen) atoms. The fraction of sp³-hybridized carbons (Fsp3) is 0.263. The fourth-order valence-electron chi connectivity index (χ4n) is 3.57. The van der Waals surface area contributed by atoms with E-state index in [1.165, 1.54) is 16.8 Å². The Morgan fingerprint density at radius 1 is 1.36 bits per heavy atom. The minimum absolute atomic E-state index is 0.193. The van der Waals surface area contributed by atoms with Gasteiger partial charge in [-0.15, -0.1) is 0 Å². The van der Waals surface area contributed by atoms with Gasteiger partial charge in [0.2, 0.25) is 0 Å². The molecule has 0 bridgehead atoms. The van der Waals surface area contributed by atoms with Gasteiger partial charge in [0, 0.05) is 35.4 Å². The minimum Gasteiger partial charge on any atom is -0.480 e. The number of fused-ring (bicyclic) bond motifs is 1. The lowest BCUT2D eigenvalue weighted by molar-refractivity contribution is -0.137. The number of rotatable bonds is 5. The Bertz CT molecular complexity index is 1100. The zero-order valence-electron chi connectivity index (χ0n) is 14.9. The first kappa shape index (κ1) is 19.0. The van der Waals surface area contributed by atoms with Crippen molar-refractivity contribution in [2.24, 2.45) is 0 Å². The molecule has 1 aromatic heterocycles. The zero-order chi connectivity index (χ0) is 20.1. The van der Waals surface area contributed by atoms with E-state index >= 15 is 0 Å². The van der Waals surface area contributed by atoms with Crippen molar-refractivity contribution in [1.29, 1.82) is 0 Å². The predicted molar refractivity (Wildman–Crippen MR) is 107 cm³/mol. The monoisotopic (exact) mass is 422 g/mol. The standard InChI is InChI=1S/C19H17Cl2FN4O2/c1-10-12-3-2-11(6-15(12)25-26(10)7-16(27)28)24-19(8-23-9-19)17-14(22)5-4-13(20)18(17)21/h2-6,23-24H,7-9H2,1H3,(H,27,28). The molecule has 2 aromatic carbocycles. The van der Waals surface area contributed by atoms with E-state index in [0.29, 0.717) is 29.2 Å². The van der Waals surface area contributed by atoms with Crippen LogP contribution >= 0.6 is 23.2 Å². The lowest BCUT2D eigenvalue weighted by atomic mass is 9.83. The van der Waals surface area contributed by atoms with E-state index in [0.717, 1.165) is 16.8 Å². The summed E-state index contributed by atoms with van der Waals surface area (Å²) in [6.07, 6.45) is 0. The number of aliphatic carboxylic acids is 1. The number of hydrogen-bond donors (Lipinski definition) is 3. The molecule has 4 rings (SSSR count). The summed E-state index contributed by atoms with van der Waals surface area (Å²) in [5, 5.41) is 21.3. The second kappa shape index (κ2) is 6.92. The Labute approximate surface area is 170 Å². The molecule has 0 spiro atoms. The van der Waals surface area contributed by atoms with E-state index in [9.17, 15) is 9.18 Å². The average Bonchev–Trinajstić information content (AvgIpc) is 2.90. The molecular weight excluding hydrogens is 406 g/mol. The molecule has 0 aliphatic carbocycles. The fourth-order valence-corrected chi connectivity index (χ4v) is 4.06. The van der Waals surface area contributed by atoms with Crippen LogP contribution in [0.15, 0.2) is 30.3 Å². The Kier molecular flexibility index (Phi) is 4.69. The summed E-state index contributed by atoms with van der Waals surface area (Å²) in [5.41, 5.74) is 1.74. The number of anilines is 1. The van der Waals surface area contributed by atoms with Crippen LogP contribution in [-0.2, 0) is 16.9 Å². The van der Waals surface area contributed by atoms with Gasteiger partial charge in [0.25, 0.3) is 0 Å².